The number of nitrogens with two attached hydrogens (primary N) is 1. The molecule has 0 spiro atoms. The summed E-state index contributed by atoms with van der Waals surface area (Å²) >= 11 is 1.56. The van der Waals surface area contributed by atoms with Gasteiger partial charge >= 0.3 is 0 Å². The van der Waals surface area contributed by atoms with E-state index in [-0.39, 0.29) is 11.9 Å². The molecule has 3 N–H and O–H groups in total. The number of carbonyl (C=O) groups excluding carboxylic acids is 1. The van der Waals surface area contributed by atoms with E-state index in [4.69, 9.17) is 10.5 Å². The molecule has 1 aliphatic rings. The number of nitrogens with one attached hydrogen (secondary N) is 1. The van der Waals surface area contributed by atoms with Gasteiger partial charge in [-0.25, -0.2) is 0 Å². The van der Waals surface area contributed by atoms with Crippen LogP contribution in [0.3, 0.4) is 0 Å². The summed E-state index contributed by atoms with van der Waals surface area (Å²) in [5.74, 6) is 0.451. The zero-order valence-corrected chi connectivity index (χ0v) is 15.0. The summed E-state index contributed by atoms with van der Waals surface area (Å²) in [6.45, 7) is 6.12. The average molecular weight is 344 g/mol. The maximum Gasteiger partial charge on any atom is 0.261 e. The number of amides is 1. The first-order valence-corrected chi connectivity index (χ1v) is 9.19. The van der Waals surface area contributed by atoms with Gasteiger partial charge in [0, 0.05) is 23.9 Å². The second-order valence-electron chi connectivity index (χ2n) is 6.50. The van der Waals surface area contributed by atoms with Crippen LogP contribution in [0.4, 0.5) is 0 Å². The molecule has 24 heavy (non-hydrogen) atoms. The number of rotatable bonds is 5. The molecule has 0 fully saturated rings. The highest BCUT2D eigenvalue weighted by Gasteiger charge is 2.18. The highest BCUT2D eigenvalue weighted by Crippen LogP contribution is 2.27. The highest BCUT2D eigenvalue weighted by molar-refractivity contribution is 7.14. The number of fused-ring (bicyclic) bond motifs is 1. The van der Waals surface area contributed by atoms with Crippen molar-refractivity contribution >= 4 is 17.2 Å². The molecule has 1 amide bonds. The van der Waals surface area contributed by atoms with Crippen molar-refractivity contribution in [2.45, 2.75) is 38.8 Å². The lowest BCUT2D eigenvalue weighted by Crippen LogP contribution is -2.31. The topological polar surface area (TPSA) is 64.3 Å². The fourth-order valence-electron chi connectivity index (χ4n) is 2.79. The number of ether oxygens (including phenoxy) is 1. The first kappa shape index (κ1) is 17.1. The molecule has 0 saturated heterocycles. The highest BCUT2D eigenvalue weighted by atomic mass is 32.1. The quantitative estimate of drug-likeness (QED) is 0.874. The van der Waals surface area contributed by atoms with Crippen molar-refractivity contribution in [2.75, 3.05) is 13.2 Å². The average Bonchev–Trinajstić information content (AvgIpc) is 3.03. The number of benzene rings is 1. The van der Waals surface area contributed by atoms with Gasteiger partial charge in [-0.2, -0.15) is 0 Å². The number of hydrogen-bond donors (Lipinski definition) is 2. The van der Waals surface area contributed by atoms with Crippen molar-refractivity contribution in [1.82, 2.24) is 5.32 Å². The third kappa shape index (κ3) is 3.86. The van der Waals surface area contributed by atoms with E-state index in [1.54, 1.807) is 11.3 Å². The zero-order valence-electron chi connectivity index (χ0n) is 14.2. The molecule has 1 aromatic heterocycles. The fraction of sp³-hybridized carbons (Fsp3) is 0.421. The summed E-state index contributed by atoms with van der Waals surface area (Å²) < 4.78 is 5.43. The third-order valence-electron chi connectivity index (χ3n) is 4.37. The second kappa shape index (κ2) is 7.47. The Hall–Kier alpha value is -1.69. The molecule has 0 aliphatic carbocycles. The van der Waals surface area contributed by atoms with Crippen LogP contribution in [0.15, 0.2) is 30.3 Å². The number of carbonyl (C=O) groups is 1. The van der Waals surface area contributed by atoms with Crippen LogP contribution in [-0.2, 0) is 17.8 Å². The van der Waals surface area contributed by atoms with Gasteiger partial charge in [-0.05, 0) is 28.7 Å². The van der Waals surface area contributed by atoms with Crippen LogP contribution in [0.2, 0.25) is 0 Å². The van der Waals surface area contributed by atoms with E-state index < -0.39 is 0 Å². The Morgan fingerprint density at radius 2 is 2.00 bits per heavy atom. The second-order valence-corrected chi connectivity index (χ2v) is 7.64. The normalized spacial score (nSPS) is 15.2. The van der Waals surface area contributed by atoms with Gasteiger partial charge in [0.1, 0.15) is 0 Å². The smallest absolute Gasteiger partial charge is 0.261 e. The molecule has 3 rings (SSSR count). The Bertz CT molecular complexity index is 683. The summed E-state index contributed by atoms with van der Waals surface area (Å²) in [5, 5.41) is 2.95. The molecular weight excluding hydrogens is 320 g/mol. The fourth-order valence-corrected chi connectivity index (χ4v) is 3.86. The molecule has 2 heterocycles. The maximum atomic E-state index is 12.3. The SMILES string of the molecule is CC(C)c1ccc(C(N)CNC(=O)c2cc3c(s2)CCOC3)cc1. The Balaban J connectivity index is 1.58. The Morgan fingerprint density at radius 3 is 2.67 bits per heavy atom. The van der Waals surface area contributed by atoms with Crippen LogP contribution < -0.4 is 11.1 Å². The van der Waals surface area contributed by atoms with Gasteiger partial charge in [0.2, 0.25) is 0 Å². The summed E-state index contributed by atoms with van der Waals surface area (Å²) in [7, 11) is 0. The van der Waals surface area contributed by atoms with Gasteiger partial charge in [-0.1, -0.05) is 38.1 Å². The van der Waals surface area contributed by atoms with Gasteiger partial charge in [0.05, 0.1) is 18.1 Å². The summed E-state index contributed by atoms with van der Waals surface area (Å²) in [5.41, 5.74) is 9.69. The van der Waals surface area contributed by atoms with Crippen molar-refractivity contribution in [3.05, 3.63) is 56.8 Å². The monoisotopic (exact) mass is 344 g/mol. The van der Waals surface area contributed by atoms with Crippen molar-refractivity contribution in [3.8, 4) is 0 Å². The van der Waals surface area contributed by atoms with Gasteiger partial charge in [-0.15, -0.1) is 11.3 Å². The van der Waals surface area contributed by atoms with Gasteiger partial charge in [0.15, 0.2) is 0 Å². The molecule has 0 radical (unpaired) electrons. The zero-order chi connectivity index (χ0) is 17.1. The third-order valence-corrected chi connectivity index (χ3v) is 5.60. The lowest BCUT2D eigenvalue weighted by molar-refractivity contribution is 0.0954. The minimum atomic E-state index is -0.201. The lowest BCUT2D eigenvalue weighted by Gasteiger charge is -2.14. The molecule has 5 heteroatoms. The van der Waals surface area contributed by atoms with E-state index in [9.17, 15) is 4.79 Å². The number of thiophene rings is 1. The van der Waals surface area contributed by atoms with Gasteiger partial charge in [0.25, 0.3) is 5.91 Å². The van der Waals surface area contributed by atoms with Crippen LogP contribution in [0.5, 0.6) is 0 Å². The Labute approximate surface area is 147 Å². The Morgan fingerprint density at radius 1 is 1.29 bits per heavy atom. The first-order valence-electron chi connectivity index (χ1n) is 8.37. The minimum Gasteiger partial charge on any atom is -0.376 e. The summed E-state index contributed by atoms with van der Waals surface area (Å²) in [6.07, 6.45) is 0.898. The molecular formula is C19H24N2O2S. The maximum absolute atomic E-state index is 12.3. The van der Waals surface area contributed by atoms with Crippen LogP contribution >= 0.6 is 11.3 Å². The van der Waals surface area contributed by atoms with Gasteiger partial charge < -0.3 is 15.8 Å². The van der Waals surface area contributed by atoms with Crippen LogP contribution in [0.25, 0.3) is 0 Å². The van der Waals surface area contributed by atoms with E-state index in [0.29, 0.717) is 19.1 Å². The first-order chi connectivity index (χ1) is 11.5. The summed E-state index contributed by atoms with van der Waals surface area (Å²) in [4.78, 5) is 14.4. The molecule has 1 unspecified atom stereocenters. The molecule has 1 aliphatic heterocycles. The van der Waals surface area contributed by atoms with Gasteiger partial charge in [-0.3, -0.25) is 4.79 Å². The van der Waals surface area contributed by atoms with Crippen LogP contribution in [0, 0.1) is 0 Å². The van der Waals surface area contributed by atoms with E-state index in [0.717, 1.165) is 29.0 Å². The molecule has 2 aromatic rings. The Kier molecular flexibility index (Phi) is 5.33. The molecule has 0 bridgehead atoms. The lowest BCUT2D eigenvalue weighted by atomic mass is 9.99. The minimum absolute atomic E-state index is 0.0522. The molecule has 1 atom stereocenters. The van der Waals surface area contributed by atoms with Crippen molar-refractivity contribution in [1.29, 1.82) is 0 Å². The predicted molar refractivity (Wildman–Crippen MR) is 97.5 cm³/mol. The molecule has 1 aromatic carbocycles. The van der Waals surface area contributed by atoms with Crippen molar-refractivity contribution in [2.24, 2.45) is 5.73 Å². The van der Waals surface area contributed by atoms with Crippen LogP contribution in [-0.4, -0.2) is 19.1 Å². The molecule has 128 valence electrons. The van der Waals surface area contributed by atoms with Crippen molar-refractivity contribution < 1.29 is 9.53 Å². The number of hydrogen-bond acceptors (Lipinski definition) is 4. The van der Waals surface area contributed by atoms with E-state index in [1.165, 1.54) is 10.4 Å². The standard InChI is InChI=1S/C19H24N2O2S/c1-12(2)13-3-5-14(6-4-13)16(20)10-21-19(22)18-9-15-11-23-8-7-17(15)24-18/h3-6,9,12,16H,7-8,10-11,20H2,1-2H3,(H,21,22). The largest absolute Gasteiger partial charge is 0.376 e. The van der Waals surface area contributed by atoms with E-state index >= 15 is 0 Å². The molecule has 4 nitrogen and oxygen atoms in total. The van der Waals surface area contributed by atoms with E-state index in [1.807, 2.05) is 18.2 Å². The molecule has 0 saturated carbocycles. The predicted octanol–water partition coefficient (Wildman–Crippen LogP) is 3.37. The van der Waals surface area contributed by atoms with E-state index in [2.05, 4.69) is 31.3 Å². The van der Waals surface area contributed by atoms with Crippen LogP contribution in [0.1, 0.15) is 57.0 Å². The summed E-state index contributed by atoms with van der Waals surface area (Å²) in [6, 6.07) is 10.1. The van der Waals surface area contributed by atoms with Crippen molar-refractivity contribution in [3.63, 3.8) is 0 Å².